The summed E-state index contributed by atoms with van der Waals surface area (Å²) in [6, 6.07) is 0. The topological polar surface area (TPSA) is 26.0 Å². The molecule has 16 heavy (non-hydrogen) atoms. The van der Waals surface area contributed by atoms with Gasteiger partial charge in [0.1, 0.15) is 0 Å². The second kappa shape index (κ2) is 5.74. The van der Waals surface area contributed by atoms with Crippen molar-refractivity contribution in [1.82, 2.24) is 0 Å². The molecule has 0 saturated heterocycles. The number of hydrogen-bond acceptors (Lipinski definition) is 1. The molecule has 88 valence electrons. The fourth-order valence-corrected chi connectivity index (χ4v) is 2.03. The van der Waals surface area contributed by atoms with Crippen LogP contribution in [0.15, 0.2) is 47.2 Å². The summed E-state index contributed by atoms with van der Waals surface area (Å²) < 4.78 is 0. The van der Waals surface area contributed by atoms with Crippen molar-refractivity contribution >= 4 is 0 Å². The zero-order valence-corrected chi connectivity index (χ0v) is 10.7. The molecule has 0 aliphatic heterocycles. The van der Waals surface area contributed by atoms with E-state index in [2.05, 4.69) is 39.5 Å². The molecule has 0 aromatic heterocycles. The summed E-state index contributed by atoms with van der Waals surface area (Å²) in [7, 11) is 0. The standard InChI is InChI=1S/C15H23N/c1-5-6-10-15(16)13(4)12(3)14-9-7-8-11(14)2/h6,9-11H,3,5,7-8,16H2,1-2,4H3/b10-6-,15-13+/t11-/m0/s1. The highest BCUT2D eigenvalue weighted by Gasteiger charge is 2.18. The van der Waals surface area contributed by atoms with Crippen LogP contribution >= 0.6 is 0 Å². The quantitative estimate of drug-likeness (QED) is 0.705. The van der Waals surface area contributed by atoms with Crippen molar-refractivity contribution in [2.45, 2.75) is 40.0 Å². The van der Waals surface area contributed by atoms with E-state index in [1.165, 1.54) is 18.4 Å². The van der Waals surface area contributed by atoms with Crippen LogP contribution in [0.5, 0.6) is 0 Å². The molecule has 0 saturated carbocycles. The first-order valence-electron chi connectivity index (χ1n) is 6.10. The molecule has 0 radical (unpaired) electrons. The Hall–Kier alpha value is -1.24. The lowest BCUT2D eigenvalue weighted by atomic mass is 9.92. The van der Waals surface area contributed by atoms with Gasteiger partial charge in [0.2, 0.25) is 0 Å². The molecular formula is C15H23N. The molecule has 1 heteroatoms. The molecule has 1 aliphatic carbocycles. The summed E-state index contributed by atoms with van der Waals surface area (Å²) in [6.07, 6.45) is 9.80. The molecule has 1 nitrogen and oxygen atoms in total. The molecule has 0 amide bonds. The van der Waals surface area contributed by atoms with Crippen LogP contribution in [0.25, 0.3) is 0 Å². The molecule has 2 N–H and O–H groups in total. The lowest BCUT2D eigenvalue weighted by Crippen LogP contribution is -2.03. The van der Waals surface area contributed by atoms with Crippen LogP contribution in [0.2, 0.25) is 0 Å². The highest BCUT2D eigenvalue weighted by atomic mass is 14.6. The van der Waals surface area contributed by atoms with Crippen LogP contribution in [-0.2, 0) is 0 Å². The number of nitrogens with two attached hydrogens (primary N) is 1. The van der Waals surface area contributed by atoms with Gasteiger partial charge in [-0.2, -0.15) is 0 Å². The summed E-state index contributed by atoms with van der Waals surface area (Å²) in [4.78, 5) is 0. The van der Waals surface area contributed by atoms with Crippen molar-refractivity contribution < 1.29 is 0 Å². The largest absolute Gasteiger partial charge is 0.399 e. The van der Waals surface area contributed by atoms with Crippen LogP contribution < -0.4 is 5.73 Å². The van der Waals surface area contributed by atoms with E-state index >= 15 is 0 Å². The van der Waals surface area contributed by atoms with E-state index < -0.39 is 0 Å². The smallest absolute Gasteiger partial charge is 0.0346 e. The molecule has 1 rings (SSSR count). The van der Waals surface area contributed by atoms with E-state index in [-0.39, 0.29) is 0 Å². The Morgan fingerprint density at radius 3 is 2.81 bits per heavy atom. The van der Waals surface area contributed by atoms with E-state index in [1.807, 2.05) is 6.08 Å². The third kappa shape index (κ3) is 2.88. The average molecular weight is 217 g/mol. The van der Waals surface area contributed by atoms with Gasteiger partial charge in [0, 0.05) is 5.70 Å². The molecule has 0 spiro atoms. The van der Waals surface area contributed by atoms with E-state index in [4.69, 9.17) is 5.73 Å². The second-order valence-electron chi connectivity index (χ2n) is 4.51. The average Bonchev–Trinajstić information content (AvgIpc) is 2.70. The van der Waals surface area contributed by atoms with E-state index in [0.29, 0.717) is 5.92 Å². The van der Waals surface area contributed by atoms with Gasteiger partial charge < -0.3 is 5.73 Å². The van der Waals surface area contributed by atoms with Gasteiger partial charge >= 0.3 is 0 Å². The second-order valence-corrected chi connectivity index (χ2v) is 4.51. The van der Waals surface area contributed by atoms with Gasteiger partial charge in [-0.1, -0.05) is 32.6 Å². The predicted octanol–water partition coefficient (Wildman–Crippen LogP) is 4.10. The van der Waals surface area contributed by atoms with Crippen LogP contribution in [-0.4, -0.2) is 0 Å². The van der Waals surface area contributed by atoms with Gasteiger partial charge in [-0.25, -0.2) is 0 Å². The minimum absolute atomic E-state index is 0.630. The minimum Gasteiger partial charge on any atom is -0.399 e. The normalized spacial score (nSPS) is 22.2. The van der Waals surface area contributed by atoms with Crippen LogP contribution in [0.4, 0.5) is 0 Å². The predicted molar refractivity (Wildman–Crippen MR) is 71.9 cm³/mol. The summed E-state index contributed by atoms with van der Waals surface area (Å²) >= 11 is 0. The third-order valence-electron chi connectivity index (χ3n) is 3.26. The zero-order valence-electron chi connectivity index (χ0n) is 10.7. The van der Waals surface area contributed by atoms with E-state index in [1.54, 1.807) is 0 Å². The van der Waals surface area contributed by atoms with Gasteiger partial charge in [-0.3, -0.25) is 0 Å². The summed E-state index contributed by atoms with van der Waals surface area (Å²) in [6.45, 7) is 10.6. The van der Waals surface area contributed by atoms with Crippen molar-refractivity contribution in [1.29, 1.82) is 0 Å². The highest BCUT2D eigenvalue weighted by Crippen LogP contribution is 2.33. The molecule has 0 unspecified atom stereocenters. The molecule has 1 aliphatic rings. The van der Waals surface area contributed by atoms with Crippen LogP contribution in [0.3, 0.4) is 0 Å². The van der Waals surface area contributed by atoms with Crippen molar-refractivity contribution in [3.8, 4) is 0 Å². The van der Waals surface area contributed by atoms with Gasteiger partial charge in [0.15, 0.2) is 0 Å². The molecule has 0 bridgehead atoms. The lowest BCUT2D eigenvalue weighted by molar-refractivity contribution is 0.676. The first-order chi connectivity index (χ1) is 7.57. The molecule has 0 aromatic carbocycles. The maximum atomic E-state index is 6.02. The van der Waals surface area contributed by atoms with E-state index in [9.17, 15) is 0 Å². The van der Waals surface area contributed by atoms with Crippen molar-refractivity contribution in [3.63, 3.8) is 0 Å². The van der Waals surface area contributed by atoms with Gasteiger partial charge in [-0.15, -0.1) is 0 Å². The third-order valence-corrected chi connectivity index (χ3v) is 3.26. The van der Waals surface area contributed by atoms with Gasteiger partial charge in [0.25, 0.3) is 0 Å². The van der Waals surface area contributed by atoms with Gasteiger partial charge in [0.05, 0.1) is 0 Å². The summed E-state index contributed by atoms with van der Waals surface area (Å²) in [5.41, 5.74) is 10.5. The molecule has 0 fully saturated rings. The monoisotopic (exact) mass is 217 g/mol. The Bertz CT molecular complexity index is 356. The van der Waals surface area contributed by atoms with Crippen molar-refractivity contribution in [2.75, 3.05) is 0 Å². The Labute approximate surface area is 99.4 Å². The number of hydrogen-bond donors (Lipinski definition) is 1. The summed E-state index contributed by atoms with van der Waals surface area (Å²) in [5.74, 6) is 0.630. The first kappa shape index (κ1) is 12.8. The maximum Gasteiger partial charge on any atom is 0.0346 e. The van der Waals surface area contributed by atoms with Crippen LogP contribution in [0.1, 0.15) is 40.0 Å². The minimum atomic E-state index is 0.630. The molecule has 0 heterocycles. The Morgan fingerprint density at radius 2 is 2.31 bits per heavy atom. The van der Waals surface area contributed by atoms with Crippen molar-refractivity contribution in [2.24, 2.45) is 11.7 Å². The fraction of sp³-hybridized carbons (Fsp3) is 0.467. The number of rotatable bonds is 4. The highest BCUT2D eigenvalue weighted by molar-refractivity contribution is 5.49. The first-order valence-corrected chi connectivity index (χ1v) is 6.10. The maximum absolute atomic E-state index is 6.02. The SMILES string of the molecule is C=C(C1=CCC[C@@H]1C)/C(C)=C(N)\C=C/CC. The fourth-order valence-electron chi connectivity index (χ4n) is 2.03. The molecular weight excluding hydrogens is 194 g/mol. The molecule has 0 aromatic rings. The lowest BCUT2D eigenvalue weighted by Gasteiger charge is -2.14. The Kier molecular flexibility index (Phi) is 4.60. The van der Waals surface area contributed by atoms with Gasteiger partial charge in [-0.05, 0) is 54.9 Å². The van der Waals surface area contributed by atoms with Crippen LogP contribution in [0, 0.1) is 5.92 Å². The number of allylic oxidation sites excluding steroid dienone is 6. The molecule has 1 atom stereocenters. The Balaban J connectivity index is 2.85. The van der Waals surface area contributed by atoms with Crippen molar-refractivity contribution in [3.05, 3.63) is 47.2 Å². The zero-order chi connectivity index (χ0) is 12.1. The van der Waals surface area contributed by atoms with E-state index in [0.717, 1.165) is 23.3 Å². The summed E-state index contributed by atoms with van der Waals surface area (Å²) in [5, 5.41) is 0. The Morgan fingerprint density at radius 1 is 1.62 bits per heavy atom.